The van der Waals surface area contributed by atoms with E-state index in [0.717, 1.165) is 40.8 Å². The Morgan fingerprint density at radius 3 is 2.70 bits per heavy atom. The predicted molar refractivity (Wildman–Crippen MR) is 94.9 cm³/mol. The van der Waals surface area contributed by atoms with E-state index in [9.17, 15) is 9.59 Å². The normalized spacial score (nSPS) is 13.9. The number of nitrogens with zero attached hydrogens (tertiary/aromatic N) is 1. The first-order valence-corrected chi connectivity index (χ1v) is 9.38. The number of hydrogen-bond donors (Lipinski definition) is 0. The molecule has 2 heterocycles. The molecule has 1 aliphatic carbocycles. The molecule has 0 saturated carbocycles. The predicted octanol–water partition coefficient (Wildman–Crippen LogP) is 4.02. The summed E-state index contributed by atoms with van der Waals surface area (Å²) in [6.07, 6.45) is 4.58. The molecule has 1 aromatic carbocycles. The molecule has 0 spiro atoms. The van der Waals surface area contributed by atoms with Crippen LogP contribution in [0, 0.1) is 0 Å². The van der Waals surface area contributed by atoms with Crippen molar-refractivity contribution in [2.45, 2.75) is 32.1 Å². The summed E-state index contributed by atoms with van der Waals surface area (Å²) in [7, 11) is 0. The third kappa shape index (κ3) is 2.75. The van der Waals surface area contributed by atoms with Crippen LogP contribution in [0.1, 0.15) is 38.6 Å². The van der Waals surface area contributed by atoms with Crippen molar-refractivity contribution in [3.63, 3.8) is 0 Å². The Labute approximate surface area is 141 Å². The van der Waals surface area contributed by atoms with Crippen molar-refractivity contribution in [2.24, 2.45) is 0 Å². The van der Waals surface area contributed by atoms with Crippen LogP contribution in [0.3, 0.4) is 0 Å². The third-order valence-corrected chi connectivity index (χ3v) is 6.25. The molecule has 3 aromatic rings. The molecule has 1 aliphatic rings. The van der Waals surface area contributed by atoms with Crippen LogP contribution in [0.25, 0.3) is 10.2 Å². The van der Waals surface area contributed by atoms with Crippen LogP contribution in [0.4, 0.5) is 0 Å². The van der Waals surface area contributed by atoms with Crippen molar-refractivity contribution >= 4 is 38.7 Å². The van der Waals surface area contributed by atoms with Crippen molar-refractivity contribution in [1.29, 1.82) is 0 Å². The van der Waals surface area contributed by atoms with Crippen molar-refractivity contribution in [3.05, 3.63) is 60.9 Å². The fourth-order valence-electron chi connectivity index (χ4n) is 3.07. The minimum atomic E-state index is 0.00872. The highest BCUT2D eigenvalue weighted by molar-refractivity contribution is 7.19. The second-order valence-electron chi connectivity index (χ2n) is 5.75. The van der Waals surface area contributed by atoms with Gasteiger partial charge in [0.2, 0.25) is 4.74 Å². The molecule has 2 aromatic heterocycles. The molecule has 0 bridgehead atoms. The topological polar surface area (TPSA) is 47.0 Å². The lowest BCUT2D eigenvalue weighted by molar-refractivity contribution is 0.0993. The highest BCUT2D eigenvalue weighted by Gasteiger charge is 2.20. The minimum Gasteiger partial charge on any atom is -0.294 e. The fraction of sp³-hybridized carbons (Fsp3) is 0.278. The van der Waals surface area contributed by atoms with Gasteiger partial charge in [-0.1, -0.05) is 41.7 Å². The van der Waals surface area contributed by atoms with Gasteiger partial charge in [0, 0.05) is 10.4 Å². The molecule has 116 valence electrons. The van der Waals surface area contributed by atoms with Gasteiger partial charge in [-0.2, -0.15) is 0 Å². The molecular weight excluding hydrogens is 326 g/mol. The first-order chi connectivity index (χ1) is 11.2. The fourth-order valence-corrected chi connectivity index (χ4v) is 5.35. The maximum absolute atomic E-state index is 12.5. The lowest BCUT2D eigenvalue weighted by atomic mass is 9.98. The van der Waals surface area contributed by atoms with Crippen molar-refractivity contribution < 1.29 is 4.79 Å². The SMILES string of the molecule is O=C(Cc1nc2sc3c(c2c(=O)s1)CCCC3)c1ccccc1. The number of benzene rings is 1. The summed E-state index contributed by atoms with van der Waals surface area (Å²) >= 11 is 2.76. The van der Waals surface area contributed by atoms with E-state index in [1.165, 1.54) is 16.9 Å². The molecule has 0 aliphatic heterocycles. The van der Waals surface area contributed by atoms with Gasteiger partial charge in [-0.3, -0.25) is 9.59 Å². The Morgan fingerprint density at radius 2 is 1.87 bits per heavy atom. The summed E-state index contributed by atoms with van der Waals surface area (Å²) in [6.45, 7) is 0. The average molecular weight is 341 g/mol. The van der Waals surface area contributed by atoms with Gasteiger partial charge in [0.15, 0.2) is 5.78 Å². The number of aryl methyl sites for hydroxylation is 2. The summed E-state index contributed by atoms with van der Waals surface area (Å²) in [5.41, 5.74) is 1.88. The summed E-state index contributed by atoms with van der Waals surface area (Å²) in [5, 5.41) is 1.43. The number of Topliss-reactive ketones (excluding diaryl/α,β-unsaturated/α-hetero) is 1. The van der Waals surface area contributed by atoms with E-state index in [2.05, 4.69) is 4.98 Å². The number of carbonyl (C=O) groups excluding carboxylic acids is 1. The molecule has 0 unspecified atom stereocenters. The zero-order chi connectivity index (χ0) is 15.8. The van der Waals surface area contributed by atoms with Crippen LogP contribution < -0.4 is 4.74 Å². The summed E-state index contributed by atoms with van der Waals surface area (Å²) in [6, 6.07) is 9.18. The van der Waals surface area contributed by atoms with Crippen molar-refractivity contribution in [3.8, 4) is 0 Å². The average Bonchev–Trinajstić information content (AvgIpc) is 2.94. The van der Waals surface area contributed by atoms with Gasteiger partial charge >= 0.3 is 0 Å². The van der Waals surface area contributed by atoms with Crippen LogP contribution in [-0.2, 0) is 19.3 Å². The monoisotopic (exact) mass is 341 g/mol. The lowest BCUT2D eigenvalue weighted by Gasteiger charge is -2.09. The molecule has 3 nitrogen and oxygen atoms in total. The summed E-state index contributed by atoms with van der Waals surface area (Å²) < 4.78 is 0.0604. The van der Waals surface area contributed by atoms with Gasteiger partial charge in [-0.05, 0) is 31.2 Å². The Kier molecular flexibility index (Phi) is 3.83. The van der Waals surface area contributed by atoms with E-state index in [1.807, 2.05) is 18.2 Å². The zero-order valence-electron chi connectivity index (χ0n) is 12.5. The summed E-state index contributed by atoms with van der Waals surface area (Å²) in [4.78, 5) is 31.6. The number of hydrogen-bond acceptors (Lipinski definition) is 5. The van der Waals surface area contributed by atoms with Crippen LogP contribution in [-0.4, -0.2) is 10.8 Å². The number of aromatic nitrogens is 1. The van der Waals surface area contributed by atoms with Gasteiger partial charge in [0.1, 0.15) is 9.84 Å². The highest BCUT2D eigenvalue weighted by atomic mass is 32.1. The summed E-state index contributed by atoms with van der Waals surface area (Å²) in [5.74, 6) is 0.00872. The number of ketones is 1. The van der Waals surface area contributed by atoms with E-state index in [0.29, 0.717) is 10.6 Å². The number of carbonyl (C=O) groups is 1. The molecule has 0 atom stereocenters. The molecule has 0 N–H and O–H groups in total. The quantitative estimate of drug-likeness (QED) is 0.676. The molecule has 4 rings (SSSR count). The van der Waals surface area contributed by atoms with Crippen molar-refractivity contribution in [2.75, 3.05) is 0 Å². The first kappa shape index (κ1) is 14.7. The van der Waals surface area contributed by atoms with E-state index in [-0.39, 0.29) is 16.9 Å². The van der Waals surface area contributed by atoms with E-state index < -0.39 is 0 Å². The van der Waals surface area contributed by atoms with E-state index in [1.54, 1.807) is 23.5 Å². The number of thiophene rings is 1. The van der Waals surface area contributed by atoms with Crippen LogP contribution in [0.2, 0.25) is 0 Å². The maximum atomic E-state index is 12.5. The maximum Gasteiger partial charge on any atom is 0.244 e. The van der Waals surface area contributed by atoms with Crippen LogP contribution in [0.5, 0.6) is 0 Å². The lowest BCUT2D eigenvalue weighted by Crippen LogP contribution is -2.08. The molecule has 23 heavy (non-hydrogen) atoms. The van der Waals surface area contributed by atoms with Crippen LogP contribution >= 0.6 is 22.7 Å². The van der Waals surface area contributed by atoms with Crippen molar-refractivity contribution in [1.82, 2.24) is 4.98 Å². The standard InChI is InChI=1S/C18H15NO2S2/c20-13(11-6-2-1-3-7-11)10-15-19-17-16(18(21)23-15)12-8-4-5-9-14(12)22-17/h1-3,6-7H,4-5,8-10H2. The molecular formula is C18H15NO2S2. The zero-order valence-corrected chi connectivity index (χ0v) is 14.1. The Hall–Kier alpha value is -1.85. The second-order valence-corrected chi connectivity index (χ2v) is 7.88. The van der Waals surface area contributed by atoms with Gasteiger partial charge in [0.05, 0.1) is 11.8 Å². The smallest absolute Gasteiger partial charge is 0.244 e. The Bertz CT molecular complexity index is 941. The van der Waals surface area contributed by atoms with Gasteiger partial charge in [-0.25, -0.2) is 4.98 Å². The first-order valence-electron chi connectivity index (χ1n) is 7.75. The van der Waals surface area contributed by atoms with Crippen LogP contribution in [0.15, 0.2) is 35.1 Å². The Balaban J connectivity index is 1.72. The number of rotatable bonds is 3. The highest BCUT2D eigenvalue weighted by Crippen LogP contribution is 2.34. The molecule has 0 fully saturated rings. The second kappa shape index (κ2) is 5.98. The van der Waals surface area contributed by atoms with E-state index >= 15 is 0 Å². The molecule has 5 heteroatoms. The van der Waals surface area contributed by atoms with Gasteiger partial charge in [0.25, 0.3) is 0 Å². The molecule has 0 amide bonds. The largest absolute Gasteiger partial charge is 0.294 e. The van der Waals surface area contributed by atoms with Gasteiger partial charge < -0.3 is 0 Å². The number of fused-ring (bicyclic) bond motifs is 3. The van der Waals surface area contributed by atoms with Gasteiger partial charge in [-0.15, -0.1) is 11.3 Å². The minimum absolute atomic E-state index is 0.00872. The molecule has 0 saturated heterocycles. The third-order valence-electron chi connectivity index (χ3n) is 4.20. The Morgan fingerprint density at radius 1 is 1.09 bits per heavy atom. The van der Waals surface area contributed by atoms with E-state index in [4.69, 9.17) is 0 Å². The molecule has 0 radical (unpaired) electrons.